The standard InChI is InChI=1S/C12H16ClNO4S2/c1-9-7-10(13)3-4-11(9)20(17,18)14-12(2)5-6-19(15,16)8-12/h3-4,7,14H,5-6,8H2,1-2H3. The SMILES string of the molecule is Cc1cc(Cl)ccc1S(=O)(=O)NC1(C)CCS(=O)(=O)C1. The van der Waals surface area contributed by atoms with Gasteiger partial charge in [0.1, 0.15) is 0 Å². The van der Waals surface area contributed by atoms with Crippen LogP contribution in [0, 0.1) is 6.92 Å². The molecule has 1 aromatic rings. The quantitative estimate of drug-likeness (QED) is 0.906. The number of rotatable bonds is 3. The minimum Gasteiger partial charge on any atom is -0.229 e. The van der Waals surface area contributed by atoms with Gasteiger partial charge in [-0.15, -0.1) is 0 Å². The number of hydrogen-bond donors (Lipinski definition) is 1. The van der Waals surface area contributed by atoms with E-state index in [1.165, 1.54) is 12.1 Å². The minimum atomic E-state index is -3.77. The Bertz CT molecular complexity index is 743. The highest BCUT2D eigenvalue weighted by Gasteiger charge is 2.41. The van der Waals surface area contributed by atoms with Gasteiger partial charge < -0.3 is 0 Å². The predicted molar refractivity (Wildman–Crippen MR) is 78.2 cm³/mol. The van der Waals surface area contributed by atoms with Gasteiger partial charge in [0, 0.05) is 10.6 Å². The molecule has 1 aliphatic heterocycles. The van der Waals surface area contributed by atoms with Crippen LogP contribution in [-0.2, 0) is 19.9 Å². The Kier molecular flexibility index (Phi) is 3.92. The van der Waals surface area contributed by atoms with Gasteiger partial charge >= 0.3 is 0 Å². The summed E-state index contributed by atoms with van der Waals surface area (Å²) in [6.45, 7) is 3.26. The van der Waals surface area contributed by atoms with Crippen molar-refractivity contribution in [2.45, 2.75) is 30.7 Å². The van der Waals surface area contributed by atoms with E-state index in [1.54, 1.807) is 19.9 Å². The van der Waals surface area contributed by atoms with Crippen molar-refractivity contribution in [1.82, 2.24) is 4.72 Å². The summed E-state index contributed by atoms with van der Waals surface area (Å²) in [5, 5.41) is 0.455. The highest BCUT2D eigenvalue weighted by Crippen LogP contribution is 2.27. The summed E-state index contributed by atoms with van der Waals surface area (Å²) in [4.78, 5) is 0.118. The summed E-state index contributed by atoms with van der Waals surface area (Å²) in [7, 11) is -6.95. The fourth-order valence-corrected chi connectivity index (χ4v) is 6.46. The molecule has 0 bridgehead atoms. The molecule has 5 nitrogen and oxygen atoms in total. The summed E-state index contributed by atoms with van der Waals surface area (Å²) in [5.41, 5.74) is -0.432. The van der Waals surface area contributed by atoms with Crippen molar-refractivity contribution in [2.24, 2.45) is 0 Å². The lowest BCUT2D eigenvalue weighted by molar-refractivity contribution is 0.461. The molecule has 1 aliphatic rings. The van der Waals surface area contributed by atoms with Gasteiger partial charge in [0.15, 0.2) is 9.84 Å². The molecule has 0 aromatic heterocycles. The maximum Gasteiger partial charge on any atom is 0.241 e. The third kappa shape index (κ3) is 3.33. The van der Waals surface area contributed by atoms with Gasteiger partial charge in [-0.3, -0.25) is 0 Å². The molecule has 1 atom stereocenters. The van der Waals surface area contributed by atoms with E-state index >= 15 is 0 Å². The van der Waals surface area contributed by atoms with Crippen LogP contribution in [0.1, 0.15) is 18.9 Å². The van der Waals surface area contributed by atoms with E-state index in [9.17, 15) is 16.8 Å². The molecule has 0 radical (unpaired) electrons. The average Bonchev–Trinajstić information content (AvgIpc) is 2.50. The van der Waals surface area contributed by atoms with Gasteiger partial charge in [0.25, 0.3) is 0 Å². The summed E-state index contributed by atoms with van der Waals surface area (Å²) in [5.74, 6) is -0.169. The fraction of sp³-hybridized carbons (Fsp3) is 0.500. The van der Waals surface area contributed by atoms with Gasteiger partial charge in [-0.2, -0.15) is 0 Å². The molecule has 0 amide bonds. The second kappa shape index (κ2) is 4.98. The van der Waals surface area contributed by atoms with E-state index in [4.69, 9.17) is 11.6 Å². The van der Waals surface area contributed by atoms with Crippen molar-refractivity contribution in [3.05, 3.63) is 28.8 Å². The first-order valence-electron chi connectivity index (χ1n) is 6.04. The number of halogens is 1. The van der Waals surface area contributed by atoms with Crippen molar-refractivity contribution >= 4 is 31.5 Å². The summed E-state index contributed by atoms with van der Waals surface area (Å²) < 4.78 is 50.3. The maximum atomic E-state index is 12.4. The van der Waals surface area contributed by atoms with Crippen LogP contribution in [0.25, 0.3) is 0 Å². The summed E-state index contributed by atoms with van der Waals surface area (Å²) in [6.07, 6.45) is 0.279. The second-order valence-corrected chi connectivity index (χ2v) is 9.69. The van der Waals surface area contributed by atoms with Crippen LogP contribution in [0.15, 0.2) is 23.1 Å². The summed E-state index contributed by atoms with van der Waals surface area (Å²) in [6, 6.07) is 4.48. The molecule has 1 fully saturated rings. The lowest BCUT2D eigenvalue weighted by Gasteiger charge is -2.24. The molecule has 0 saturated carbocycles. The lowest BCUT2D eigenvalue weighted by atomic mass is 10.0. The minimum absolute atomic E-state index is 0.00558. The molecule has 112 valence electrons. The van der Waals surface area contributed by atoms with E-state index in [0.717, 1.165) is 0 Å². The second-order valence-electron chi connectivity index (χ2n) is 5.42. The van der Waals surface area contributed by atoms with Crippen LogP contribution in [0.4, 0.5) is 0 Å². The zero-order chi connectivity index (χ0) is 15.2. The van der Waals surface area contributed by atoms with E-state index in [2.05, 4.69) is 4.72 Å². The van der Waals surface area contributed by atoms with Crippen molar-refractivity contribution in [1.29, 1.82) is 0 Å². The monoisotopic (exact) mass is 337 g/mol. The molecule has 0 spiro atoms. The highest BCUT2D eigenvalue weighted by molar-refractivity contribution is 7.92. The zero-order valence-corrected chi connectivity index (χ0v) is 13.6. The smallest absolute Gasteiger partial charge is 0.229 e. The van der Waals surface area contributed by atoms with Gasteiger partial charge in [-0.25, -0.2) is 21.6 Å². The highest BCUT2D eigenvalue weighted by atomic mass is 35.5. The van der Waals surface area contributed by atoms with Crippen molar-refractivity contribution in [3.63, 3.8) is 0 Å². The molecule has 1 aromatic carbocycles. The number of aryl methyl sites for hydroxylation is 1. The van der Waals surface area contributed by atoms with Crippen LogP contribution >= 0.6 is 11.6 Å². The molecule has 2 rings (SSSR count). The van der Waals surface area contributed by atoms with Crippen LogP contribution in [-0.4, -0.2) is 33.9 Å². The fourth-order valence-electron chi connectivity index (χ4n) is 2.38. The number of sulfonamides is 1. The molecular formula is C12H16ClNO4S2. The Hall–Kier alpha value is -0.630. The van der Waals surface area contributed by atoms with Gasteiger partial charge in [-0.05, 0) is 44.0 Å². The molecule has 8 heteroatoms. The van der Waals surface area contributed by atoms with Gasteiger partial charge in [0.05, 0.1) is 16.4 Å². The van der Waals surface area contributed by atoms with E-state index in [0.29, 0.717) is 10.6 Å². The van der Waals surface area contributed by atoms with E-state index in [1.807, 2.05) is 0 Å². The number of hydrogen-bond acceptors (Lipinski definition) is 4. The summed E-state index contributed by atoms with van der Waals surface area (Å²) >= 11 is 5.81. The lowest BCUT2D eigenvalue weighted by Crippen LogP contribution is -2.46. The normalized spacial score (nSPS) is 25.8. The average molecular weight is 338 g/mol. The molecular weight excluding hydrogens is 322 g/mol. The number of benzene rings is 1. The Morgan fingerprint density at radius 1 is 1.35 bits per heavy atom. The number of nitrogens with one attached hydrogen (secondary N) is 1. The number of sulfone groups is 1. The van der Waals surface area contributed by atoms with Gasteiger partial charge in [0.2, 0.25) is 10.0 Å². The predicted octanol–water partition coefficient (Wildman–Crippen LogP) is 1.50. The van der Waals surface area contributed by atoms with Crippen LogP contribution in [0.3, 0.4) is 0 Å². The van der Waals surface area contributed by atoms with Crippen molar-refractivity contribution in [3.8, 4) is 0 Å². The Morgan fingerprint density at radius 3 is 2.50 bits per heavy atom. The zero-order valence-electron chi connectivity index (χ0n) is 11.2. The topological polar surface area (TPSA) is 80.3 Å². The van der Waals surface area contributed by atoms with Gasteiger partial charge in [-0.1, -0.05) is 11.6 Å². The Labute approximate surface area is 124 Å². The van der Waals surface area contributed by atoms with Crippen molar-refractivity contribution in [2.75, 3.05) is 11.5 Å². The van der Waals surface area contributed by atoms with Crippen LogP contribution < -0.4 is 4.72 Å². The molecule has 20 heavy (non-hydrogen) atoms. The van der Waals surface area contributed by atoms with E-state index < -0.39 is 25.4 Å². The molecule has 1 heterocycles. The largest absolute Gasteiger partial charge is 0.241 e. The van der Waals surface area contributed by atoms with Crippen molar-refractivity contribution < 1.29 is 16.8 Å². The molecule has 0 aliphatic carbocycles. The van der Waals surface area contributed by atoms with Crippen LogP contribution in [0.5, 0.6) is 0 Å². The Morgan fingerprint density at radius 2 is 2.00 bits per heavy atom. The Balaban J connectivity index is 2.33. The van der Waals surface area contributed by atoms with E-state index in [-0.39, 0.29) is 22.8 Å². The third-order valence-electron chi connectivity index (χ3n) is 3.31. The third-order valence-corrected chi connectivity index (χ3v) is 7.25. The maximum absolute atomic E-state index is 12.4. The first-order valence-corrected chi connectivity index (χ1v) is 9.72. The molecule has 1 saturated heterocycles. The molecule has 1 N–H and O–H groups in total. The first-order chi connectivity index (χ1) is 9.03. The molecule has 1 unspecified atom stereocenters. The van der Waals surface area contributed by atoms with Crippen LogP contribution in [0.2, 0.25) is 5.02 Å². The first kappa shape index (κ1) is 15.8.